The Bertz CT molecular complexity index is 651. The topological polar surface area (TPSA) is 67.8 Å². The third kappa shape index (κ3) is 2.26. The fourth-order valence-electron chi connectivity index (χ4n) is 1.34. The van der Waals surface area contributed by atoms with Gasteiger partial charge in [-0.05, 0) is 17.7 Å². The van der Waals surface area contributed by atoms with E-state index in [1.165, 1.54) is 12.4 Å². The second kappa shape index (κ2) is 4.50. The summed E-state index contributed by atoms with van der Waals surface area (Å²) in [6.45, 7) is -0.0369. The average Bonchev–Trinajstić information content (AvgIpc) is 2.33. The van der Waals surface area contributed by atoms with E-state index in [4.69, 9.17) is 11.6 Å². The Hall–Kier alpha value is -1.95. The van der Waals surface area contributed by atoms with Crippen molar-refractivity contribution >= 4 is 11.6 Å². The first-order valence-corrected chi connectivity index (χ1v) is 5.04. The number of rotatable bonds is 2. The van der Waals surface area contributed by atoms with Crippen molar-refractivity contribution in [1.29, 1.82) is 0 Å². The Labute approximate surface area is 99.5 Å². The number of aromatic amines is 1. The zero-order chi connectivity index (χ0) is 12.4. The zero-order valence-corrected chi connectivity index (χ0v) is 9.24. The highest BCUT2D eigenvalue weighted by atomic mass is 35.5. The standard InChI is InChI=1S/C10H7ClFN3O2/c11-8-7(12)9(16)15(10(17)14-8)5-6-1-3-13-4-2-6/h1-4H,5H2,(H,14,17). The van der Waals surface area contributed by atoms with Crippen molar-refractivity contribution in [2.24, 2.45) is 0 Å². The van der Waals surface area contributed by atoms with Gasteiger partial charge in [-0.1, -0.05) is 11.6 Å². The summed E-state index contributed by atoms with van der Waals surface area (Å²) in [6, 6.07) is 3.25. The first-order chi connectivity index (χ1) is 8.09. The SMILES string of the molecule is O=c1[nH]c(Cl)c(F)c(=O)n1Cc1ccncc1. The van der Waals surface area contributed by atoms with E-state index in [2.05, 4.69) is 9.97 Å². The number of pyridine rings is 1. The third-order valence-corrected chi connectivity index (χ3v) is 2.44. The van der Waals surface area contributed by atoms with E-state index in [1.54, 1.807) is 12.1 Å². The molecule has 2 aromatic heterocycles. The fraction of sp³-hybridized carbons (Fsp3) is 0.100. The van der Waals surface area contributed by atoms with Crippen LogP contribution in [0.2, 0.25) is 5.15 Å². The lowest BCUT2D eigenvalue weighted by Crippen LogP contribution is -2.37. The highest BCUT2D eigenvalue weighted by molar-refractivity contribution is 6.29. The monoisotopic (exact) mass is 255 g/mol. The number of halogens is 2. The lowest BCUT2D eigenvalue weighted by molar-refractivity contribution is 0.558. The molecular formula is C10H7ClFN3O2. The van der Waals surface area contributed by atoms with Crippen molar-refractivity contribution in [1.82, 2.24) is 14.5 Å². The van der Waals surface area contributed by atoms with Gasteiger partial charge in [-0.25, -0.2) is 4.79 Å². The van der Waals surface area contributed by atoms with Gasteiger partial charge >= 0.3 is 5.69 Å². The molecule has 0 spiro atoms. The molecule has 88 valence electrons. The minimum atomic E-state index is -1.17. The maximum Gasteiger partial charge on any atom is 0.329 e. The fourth-order valence-corrected chi connectivity index (χ4v) is 1.50. The Kier molecular flexibility index (Phi) is 3.06. The summed E-state index contributed by atoms with van der Waals surface area (Å²) >= 11 is 5.34. The normalized spacial score (nSPS) is 10.5. The van der Waals surface area contributed by atoms with Gasteiger partial charge in [-0.15, -0.1) is 0 Å². The highest BCUT2D eigenvalue weighted by Crippen LogP contribution is 2.03. The molecule has 2 rings (SSSR count). The first kappa shape index (κ1) is 11.5. The molecule has 0 unspecified atom stereocenters. The molecule has 0 saturated heterocycles. The molecular weight excluding hydrogens is 249 g/mol. The smallest absolute Gasteiger partial charge is 0.295 e. The van der Waals surface area contributed by atoms with Gasteiger partial charge < -0.3 is 0 Å². The molecule has 0 radical (unpaired) electrons. The van der Waals surface area contributed by atoms with Gasteiger partial charge in [-0.3, -0.25) is 19.3 Å². The van der Waals surface area contributed by atoms with Crippen molar-refractivity contribution in [2.75, 3.05) is 0 Å². The summed E-state index contributed by atoms with van der Waals surface area (Å²) < 4.78 is 14.0. The molecule has 17 heavy (non-hydrogen) atoms. The van der Waals surface area contributed by atoms with Gasteiger partial charge in [0.25, 0.3) is 5.56 Å². The van der Waals surface area contributed by atoms with Crippen LogP contribution < -0.4 is 11.2 Å². The molecule has 2 aromatic rings. The van der Waals surface area contributed by atoms with E-state index >= 15 is 0 Å². The number of hydrogen-bond donors (Lipinski definition) is 1. The maximum atomic E-state index is 13.2. The van der Waals surface area contributed by atoms with Crippen LogP contribution in [0, 0.1) is 5.82 Å². The van der Waals surface area contributed by atoms with Gasteiger partial charge in [0.2, 0.25) is 5.82 Å². The van der Waals surface area contributed by atoms with Crippen LogP contribution in [-0.2, 0) is 6.54 Å². The van der Waals surface area contributed by atoms with Gasteiger partial charge in [0.1, 0.15) is 0 Å². The molecule has 0 aromatic carbocycles. The summed E-state index contributed by atoms with van der Waals surface area (Å²) in [6.07, 6.45) is 3.03. The van der Waals surface area contributed by atoms with Gasteiger partial charge in [0.15, 0.2) is 5.15 Å². The predicted octanol–water partition coefficient (Wildman–Crippen LogP) is 0.772. The van der Waals surface area contributed by atoms with E-state index in [9.17, 15) is 14.0 Å². The second-order valence-corrected chi connectivity index (χ2v) is 3.68. The van der Waals surface area contributed by atoms with E-state index < -0.39 is 22.2 Å². The lowest BCUT2D eigenvalue weighted by atomic mass is 10.3. The number of nitrogens with zero attached hydrogens (tertiary/aromatic N) is 2. The van der Waals surface area contributed by atoms with E-state index in [1.807, 2.05) is 0 Å². The van der Waals surface area contributed by atoms with Crippen LogP contribution in [0.3, 0.4) is 0 Å². The van der Waals surface area contributed by atoms with Crippen molar-refractivity contribution in [3.8, 4) is 0 Å². The Morgan fingerprint density at radius 1 is 1.35 bits per heavy atom. The largest absolute Gasteiger partial charge is 0.329 e. The molecule has 2 heterocycles. The third-order valence-electron chi connectivity index (χ3n) is 2.18. The number of aromatic nitrogens is 3. The summed E-state index contributed by atoms with van der Waals surface area (Å²) in [5, 5.41) is -0.578. The van der Waals surface area contributed by atoms with Crippen LogP contribution in [0.15, 0.2) is 34.1 Å². The van der Waals surface area contributed by atoms with Gasteiger partial charge in [0.05, 0.1) is 6.54 Å². The molecule has 0 amide bonds. The van der Waals surface area contributed by atoms with E-state index in [0.717, 1.165) is 4.57 Å². The Morgan fingerprint density at radius 3 is 2.65 bits per heavy atom. The minimum absolute atomic E-state index is 0.0369. The average molecular weight is 256 g/mol. The van der Waals surface area contributed by atoms with Crippen LogP contribution >= 0.6 is 11.6 Å². The van der Waals surface area contributed by atoms with Crippen molar-refractivity contribution in [3.63, 3.8) is 0 Å². The van der Waals surface area contributed by atoms with Crippen molar-refractivity contribution in [2.45, 2.75) is 6.54 Å². The second-order valence-electron chi connectivity index (χ2n) is 3.30. The van der Waals surface area contributed by atoms with Gasteiger partial charge in [-0.2, -0.15) is 4.39 Å². The van der Waals surface area contributed by atoms with Crippen LogP contribution in [-0.4, -0.2) is 14.5 Å². The Balaban J connectivity index is 2.51. The molecule has 1 N–H and O–H groups in total. The zero-order valence-electron chi connectivity index (χ0n) is 8.48. The predicted molar refractivity (Wildman–Crippen MR) is 59.6 cm³/mol. The summed E-state index contributed by atoms with van der Waals surface area (Å²) in [5.74, 6) is -1.17. The Morgan fingerprint density at radius 2 is 2.00 bits per heavy atom. The first-order valence-electron chi connectivity index (χ1n) is 4.66. The van der Waals surface area contributed by atoms with Crippen LogP contribution in [0.25, 0.3) is 0 Å². The molecule has 0 aliphatic rings. The molecule has 0 atom stereocenters. The van der Waals surface area contributed by atoms with Crippen LogP contribution in [0.5, 0.6) is 0 Å². The highest BCUT2D eigenvalue weighted by Gasteiger charge is 2.12. The van der Waals surface area contributed by atoms with E-state index in [0.29, 0.717) is 5.56 Å². The van der Waals surface area contributed by atoms with Crippen molar-refractivity contribution in [3.05, 3.63) is 61.9 Å². The van der Waals surface area contributed by atoms with Gasteiger partial charge in [0, 0.05) is 12.4 Å². The molecule has 5 nitrogen and oxygen atoms in total. The molecule has 0 aliphatic heterocycles. The summed E-state index contributed by atoms with van der Waals surface area (Å²) in [7, 11) is 0. The molecule has 0 fully saturated rings. The summed E-state index contributed by atoms with van der Waals surface area (Å²) in [5.41, 5.74) is -1.14. The van der Waals surface area contributed by atoms with Crippen molar-refractivity contribution < 1.29 is 4.39 Å². The molecule has 7 heteroatoms. The molecule has 0 aliphatic carbocycles. The molecule has 0 bridgehead atoms. The quantitative estimate of drug-likeness (QED) is 0.806. The van der Waals surface area contributed by atoms with E-state index in [-0.39, 0.29) is 6.54 Å². The number of hydrogen-bond acceptors (Lipinski definition) is 3. The number of nitrogens with one attached hydrogen (secondary N) is 1. The van der Waals surface area contributed by atoms with Crippen LogP contribution in [0.1, 0.15) is 5.56 Å². The van der Waals surface area contributed by atoms with Crippen LogP contribution in [0.4, 0.5) is 4.39 Å². The maximum absolute atomic E-state index is 13.2. The minimum Gasteiger partial charge on any atom is -0.295 e. The number of H-pyrrole nitrogens is 1. The molecule has 0 saturated carbocycles. The lowest BCUT2D eigenvalue weighted by Gasteiger charge is -2.04. The summed E-state index contributed by atoms with van der Waals surface area (Å²) in [4.78, 5) is 28.8.